The molecule has 0 radical (unpaired) electrons. The first-order valence-corrected chi connectivity index (χ1v) is 4.09. The summed E-state index contributed by atoms with van der Waals surface area (Å²) >= 11 is 0. The standard InChI is InChI=1S/C7H13N5O/c1-2-12-5-10-11-7(12)4-9-3-6(8)13/h5,9H,2-4H2,1H3,(H2,8,13). The van der Waals surface area contributed by atoms with Gasteiger partial charge in [0.05, 0.1) is 13.1 Å². The molecule has 1 rings (SSSR count). The van der Waals surface area contributed by atoms with Gasteiger partial charge in [-0.15, -0.1) is 10.2 Å². The van der Waals surface area contributed by atoms with E-state index in [1.54, 1.807) is 6.33 Å². The summed E-state index contributed by atoms with van der Waals surface area (Å²) < 4.78 is 1.90. The molecule has 0 aliphatic carbocycles. The highest BCUT2D eigenvalue weighted by Gasteiger charge is 2.01. The highest BCUT2D eigenvalue weighted by atomic mass is 16.1. The van der Waals surface area contributed by atoms with Gasteiger partial charge in [0.1, 0.15) is 12.2 Å². The molecule has 72 valence electrons. The lowest BCUT2D eigenvalue weighted by Gasteiger charge is -2.02. The third kappa shape index (κ3) is 2.83. The molecule has 0 saturated carbocycles. The van der Waals surface area contributed by atoms with E-state index in [0.29, 0.717) is 6.54 Å². The topological polar surface area (TPSA) is 85.8 Å². The van der Waals surface area contributed by atoms with Gasteiger partial charge in [-0.25, -0.2) is 0 Å². The Morgan fingerprint density at radius 1 is 1.77 bits per heavy atom. The van der Waals surface area contributed by atoms with Crippen LogP contribution in [0.3, 0.4) is 0 Å². The molecule has 1 aromatic heterocycles. The van der Waals surface area contributed by atoms with Gasteiger partial charge >= 0.3 is 0 Å². The second kappa shape index (κ2) is 4.56. The van der Waals surface area contributed by atoms with Crippen LogP contribution in [0.5, 0.6) is 0 Å². The molecule has 0 aromatic carbocycles. The first-order valence-electron chi connectivity index (χ1n) is 4.09. The van der Waals surface area contributed by atoms with Gasteiger partial charge in [-0.1, -0.05) is 0 Å². The molecule has 0 fully saturated rings. The van der Waals surface area contributed by atoms with Crippen LogP contribution in [0.4, 0.5) is 0 Å². The normalized spacial score (nSPS) is 10.2. The minimum atomic E-state index is -0.373. The van der Waals surface area contributed by atoms with Crippen LogP contribution in [0.2, 0.25) is 0 Å². The number of nitrogens with two attached hydrogens (primary N) is 1. The zero-order chi connectivity index (χ0) is 9.68. The highest BCUT2D eigenvalue weighted by molar-refractivity contribution is 5.75. The van der Waals surface area contributed by atoms with E-state index in [9.17, 15) is 4.79 Å². The molecule has 1 aromatic rings. The van der Waals surface area contributed by atoms with Crippen LogP contribution in [-0.4, -0.2) is 27.2 Å². The van der Waals surface area contributed by atoms with Crippen molar-refractivity contribution in [1.29, 1.82) is 0 Å². The smallest absolute Gasteiger partial charge is 0.231 e. The maximum atomic E-state index is 10.4. The summed E-state index contributed by atoms with van der Waals surface area (Å²) in [6.45, 7) is 3.49. The Morgan fingerprint density at radius 3 is 3.15 bits per heavy atom. The number of nitrogens with one attached hydrogen (secondary N) is 1. The van der Waals surface area contributed by atoms with Crippen LogP contribution >= 0.6 is 0 Å². The summed E-state index contributed by atoms with van der Waals surface area (Å²) in [6.07, 6.45) is 1.65. The zero-order valence-corrected chi connectivity index (χ0v) is 7.53. The molecular weight excluding hydrogens is 170 g/mol. The van der Waals surface area contributed by atoms with Gasteiger partial charge < -0.3 is 15.6 Å². The minimum Gasteiger partial charge on any atom is -0.369 e. The number of aryl methyl sites for hydroxylation is 1. The van der Waals surface area contributed by atoms with Crippen molar-refractivity contribution in [2.24, 2.45) is 5.73 Å². The number of carbonyl (C=O) groups is 1. The molecular formula is C7H13N5O. The number of primary amides is 1. The molecule has 6 heteroatoms. The van der Waals surface area contributed by atoms with Crippen molar-refractivity contribution in [3.63, 3.8) is 0 Å². The predicted octanol–water partition coefficient (Wildman–Crippen LogP) is -1.13. The number of rotatable bonds is 5. The second-order valence-corrected chi connectivity index (χ2v) is 2.60. The van der Waals surface area contributed by atoms with Crippen LogP contribution in [0, 0.1) is 0 Å². The quantitative estimate of drug-likeness (QED) is 0.605. The fourth-order valence-electron chi connectivity index (χ4n) is 0.977. The largest absolute Gasteiger partial charge is 0.369 e. The Hall–Kier alpha value is -1.43. The maximum Gasteiger partial charge on any atom is 0.231 e. The molecule has 1 amide bonds. The average molecular weight is 183 g/mol. The van der Waals surface area contributed by atoms with Gasteiger partial charge in [-0.2, -0.15) is 0 Å². The predicted molar refractivity (Wildman–Crippen MR) is 46.6 cm³/mol. The van der Waals surface area contributed by atoms with Crippen LogP contribution in [0.25, 0.3) is 0 Å². The van der Waals surface area contributed by atoms with Gasteiger partial charge in [-0.05, 0) is 6.92 Å². The van der Waals surface area contributed by atoms with Crippen molar-refractivity contribution in [1.82, 2.24) is 20.1 Å². The lowest BCUT2D eigenvalue weighted by Crippen LogP contribution is -2.29. The third-order valence-electron chi connectivity index (χ3n) is 1.62. The molecule has 0 bridgehead atoms. The molecule has 0 saturated heterocycles. The lowest BCUT2D eigenvalue weighted by molar-refractivity contribution is -0.117. The monoisotopic (exact) mass is 183 g/mol. The Labute approximate surface area is 76.1 Å². The summed E-state index contributed by atoms with van der Waals surface area (Å²) in [5.41, 5.74) is 4.96. The Bertz CT molecular complexity index is 282. The van der Waals surface area contributed by atoms with Crippen molar-refractivity contribution in [3.05, 3.63) is 12.2 Å². The average Bonchev–Trinajstić information content (AvgIpc) is 2.51. The Morgan fingerprint density at radius 2 is 2.54 bits per heavy atom. The Kier molecular flexibility index (Phi) is 3.39. The minimum absolute atomic E-state index is 0.163. The van der Waals surface area contributed by atoms with E-state index in [1.807, 2.05) is 11.5 Å². The summed E-state index contributed by atoms with van der Waals surface area (Å²) in [5.74, 6) is 0.436. The summed E-state index contributed by atoms with van der Waals surface area (Å²) in [7, 11) is 0. The van der Waals surface area contributed by atoms with E-state index >= 15 is 0 Å². The van der Waals surface area contributed by atoms with Gasteiger partial charge in [-0.3, -0.25) is 4.79 Å². The highest BCUT2D eigenvalue weighted by Crippen LogP contribution is 1.92. The molecule has 6 nitrogen and oxygen atoms in total. The fraction of sp³-hybridized carbons (Fsp3) is 0.571. The van der Waals surface area contributed by atoms with E-state index in [4.69, 9.17) is 5.73 Å². The van der Waals surface area contributed by atoms with Crippen molar-refractivity contribution in [2.45, 2.75) is 20.0 Å². The van der Waals surface area contributed by atoms with Crippen molar-refractivity contribution >= 4 is 5.91 Å². The van der Waals surface area contributed by atoms with Crippen LogP contribution in [0.15, 0.2) is 6.33 Å². The number of amides is 1. The lowest BCUT2D eigenvalue weighted by atomic mass is 10.5. The van der Waals surface area contributed by atoms with Crippen molar-refractivity contribution in [2.75, 3.05) is 6.54 Å². The van der Waals surface area contributed by atoms with Gasteiger partial charge in [0.2, 0.25) is 5.91 Å². The summed E-state index contributed by atoms with van der Waals surface area (Å²) in [6, 6.07) is 0. The fourth-order valence-corrected chi connectivity index (χ4v) is 0.977. The number of hydrogen-bond acceptors (Lipinski definition) is 4. The molecule has 0 atom stereocenters. The van der Waals surface area contributed by atoms with Gasteiger partial charge in [0.15, 0.2) is 0 Å². The number of aromatic nitrogens is 3. The summed E-state index contributed by atoms with van der Waals surface area (Å²) in [4.78, 5) is 10.4. The van der Waals surface area contributed by atoms with E-state index in [0.717, 1.165) is 12.4 Å². The molecule has 0 aliphatic rings. The van der Waals surface area contributed by atoms with Crippen LogP contribution in [-0.2, 0) is 17.9 Å². The van der Waals surface area contributed by atoms with E-state index in [-0.39, 0.29) is 12.5 Å². The van der Waals surface area contributed by atoms with Crippen molar-refractivity contribution < 1.29 is 4.79 Å². The van der Waals surface area contributed by atoms with Crippen LogP contribution in [0.1, 0.15) is 12.7 Å². The number of carbonyl (C=O) groups excluding carboxylic acids is 1. The van der Waals surface area contributed by atoms with E-state index in [2.05, 4.69) is 15.5 Å². The maximum absolute atomic E-state index is 10.4. The SMILES string of the molecule is CCn1cnnc1CNCC(N)=O. The number of hydrogen-bond donors (Lipinski definition) is 2. The van der Waals surface area contributed by atoms with Crippen molar-refractivity contribution in [3.8, 4) is 0 Å². The Balaban J connectivity index is 2.40. The molecule has 0 unspecified atom stereocenters. The molecule has 13 heavy (non-hydrogen) atoms. The van der Waals surface area contributed by atoms with Crippen LogP contribution < -0.4 is 11.1 Å². The molecule has 0 aliphatic heterocycles. The van der Waals surface area contributed by atoms with E-state index < -0.39 is 0 Å². The van der Waals surface area contributed by atoms with E-state index in [1.165, 1.54) is 0 Å². The third-order valence-corrected chi connectivity index (χ3v) is 1.62. The van der Waals surface area contributed by atoms with Gasteiger partial charge in [0, 0.05) is 6.54 Å². The number of nitrogens with zero attached hydrogens (tertiary/aromatic N) is 3. The second-order valence-electron chi connectivity index (χ2n) is 2.60. The molecule has 3 N–H and O–H groups in total. The zero-order valence-electron chi connectivity index (χ0n) is 7.53. The first-order chi connectivity index (χ1) is 6.24. The molecule has 1 heterocycles. The summed E-state index contributed by atoms with van der Waals surface area (Å²) in [5, 5.41) is 10.5. The molecule has 0 spiro atoms. The van der Waals surface area contributed by atoms with Gasteiger partial charge in [0.25, 0.3) is 0 Å². The first kappa shape index (κ1) is 9.66.